The first-order valence-corrected chi connectivity index (χ1v) is 9.57. The number of nitrogens with one attached hydrogen (secondary N) is 1. The van der Waals surface area contributed by atoms with Crippen molar-refractivity contribution in [2.45, 2.75) is 32.9 Å². The molecule has 0 aliphatic carbocycles. The van der Waals surface area contributed by atoms with Gasteiger partial charge in [-0.1, -0.05) is 37.1 Å². The summed E-state index contributed by atoms with van der Waals surface area (Å²) < 4.78 is 8.21. The van der Waals surface area contributed by atoms with Gasteiger partial charge in [0.25, 0.3) is 5.56 Å². The van der Waals surface area contributed by atoms with E-state index in [1.165, 1.54) is 15.2 Å². The van der Waals surface area contributed by atoms with Gasteiger partial charge < -0.3 is 9.30 Å². The largest absolute Gasteiger partial charge is 0.454 e. The lowest BCUT2D eigenvalue weighted by molar-refractivity contribution is -0.139. The molecule has 0 unspecified atom stereocenters. The Kier molecular flexibility index (Phi) is 6.33. The highest BCUT2D eigenvalue weighted by molar-refractivity contribution is 6.30. The molecule has 0 saturated heterocycles. The quantitative estimate of drug-likeness (QED) is 0.471. The highest BCUT2D eigenvalue weighted by atomic mass is 35.5. The molecule has 1 aromatic carbocycles. The van der Waals surface area contributed by atoms with Crippen LogP contribution in [0.2, 0.25) is 5.02 Å². The lowest BCUT2D eigenvalue weighted by Crippen LogP contribution is -2.31. The number of halogens is 1. The highest BCUT2D eigenvalue weighted by Gasteiger charge is 2.17. The Morgan fingerprint density at radius 2 is 2.14 bits per heavy atom. The standard InChI is InChI=1S/C20H21ClN4O4/c1-3-4-10-25-18-17(19(27)23-20(25)28)24(2)15(22-18)12-29-16(26)9-8-13-6-5-7-14(21)11-13/h5-9,11H,3-4,10,12H2,1-2H3,(H,23,27,28)/b9-8+. The predicted molar refractivity (Wildman–Crippen MR) is 111 cm³/mol. The van der Waals surface area contributed by atoms with E-state index in [-0.39, 0.29) is 17.8 Å². The second-order valence-electron chi connectivity index (χ2n) is 6.52. The third-order valence-electron chi connectivity index (χ3n) is 4.45. The number of fused-ring (bicyclic) bond motifs is 1. The zero-order chi connectivity index (χ0) is 21.0. The molecule has 29 heavy (non-hydrogen) atoms. The van der Waals surface area contributed by atoms with Crippen molar-refractivity contribution in [1.82, 2.24) is 19.1 Å². The maximum Gasteiger partial charge on any atom is 0.331 e. The molecule has 0 atom stereocenters. The van der Waals surface area contributed by atoms with Crippen LogP contribution >= 0.6 is 11.6 Å². The minimum absolute atomic E-state index is 0.134. The Labute approximate surface area is 171 Å². The van der Waals surface area contributed by atoms with Gasteiger partial charge in [-0.15, -0.1) is 0 Å². The molecule has 0 fully saturated rings. The molecule has 0 bridgehead atoms. The fourth-order valence-corrected chi connectivity index (χ4v) is 3.10. The Hall–Kier alpha value is -3.13. The van der Waals surface area contributed by atoms with Gasteiger partial charge in [0.1, 0.15) is 12.4 Å². The molecule has 2 heterocycles. The molecular weight excluding hydrogens is 396 g/mol. The van der Waals surface area contributed by atoms with Gasteiger partial charge in [-0.25, -0.2) is 14.6 Å². The van der Waals surface area contributed by atoms with Crippen LogP contribution in [0.3, 0.4) is 0 Å². The van der Waals surface area contributed by atoms with Gasteiger partial charge in [0.15, 0.2) is 11.2 Å². The number of H-pyrrole nitrogens is 1. The first-order valence-electron chi connectivity index (χ1n) is 9.19. The van der Waals surface area contributed by atoms with Gasteiger partial charge in [0.05, 0.1) is 0 Å². The minimum atomic E-state index is -0.561. The number of aromatic nitrogens is 4. The summed E-state index contributed by atoms with van der Waals surface area (Å²) in [7, 11) is 1.64. The third kappa shape index (κ3) is 4.65. The van der Waals surface area contributed by atoms with Crippen molar-refractivity contribution in [3.05, 3.63) is 67.6 Å². The van der Waals surface area contributed by atoms with E-state index in [1.54, 1.807) is 31.3 Å². The second-order valence-corrected chi connectivity index (χ2v) is 6.96. The molecule has 8 nitrogen and oxygen atoms in total. The summed E-state index contributed by atoms with van der Waals surface area (Å²) in [6.45, 7) is 2.32. The number of hydrogen-bond donors (Lipinski definition) is 1. The lowest BCUT2D eigenvalue weighted by atomic mass is 10.2. The average Bonchev–Trinajstić information content (AvgIpc) is 3.01. The van der Waals surface area contributed by atoms with Crippen LogP contribution in [0.1, 0.15) is 31.2 Å². The van der Waals surface area contributed by atoms with Crippen molar-refractivity contribution in [2.24, 2.45) is 7.05 Å². The highest BCUT2D eigenvalue weighted by Crippen LogP contribution is 2.13. The van der Waals surface area contributed by atoms with Gasteiger partial charge in [0, 0.05) is 24.7 Å². The smallest absolute Gasteiger partial charge is 0.331 e. The molecule has 3 aromatic rings. The van der Waals surface area contributed by atoms with Crippen LogP contribution in [0.5, 0.6) is 0 Å². The van der Waals surface area contributed by atoms with Gasteiger partial charge in [-0.2, -0.15) is 0 Å². The van der Waals surface area contributed by atoms with Gasteiger partial charge in [-0.05, 0) is 30.2 Å². The van der Waals surface area contributed by atoms with Gasteiger partial charge >= 0.3 is 11.7 Å². The second kappa shape index (κ2) is 8.91. The topological polar surface area (TPSA) is 99.0 Å². The molecule has 0 spiro atoms. The van der Waals surface area contributed by atoms with Crippen LogP contribution in [-0.2, 0) is 29.7 Å². The molecule has 0 aliphatic heterocycles. The fraction of sp³-hybridized carbons (Fsp3) is 0.300. The maximum absolute atomic E-state index is 12.2. The Balaban J connectivity index is 1.80. The zero-order valence-corrected chi connectivity index (χ0v) is 16.9. The number of aryl methyl sites for hydroxylation is 2. The van der Waals surface area contributed by atoms with E-state index in [9.17, 15) is 14.4 Å². The first-order chi connectivity index (χ1) is 13.9. The Morgan fingerprint density at radius 3 is 2.86 bits per heavy atom. The summed E-state index contributed by atoms with van der Waals surface area (Å²) in [5.74, 6) is -0.194. The van der Waals surface area contributed by atoms with Crippen LogP contribution in [0.15, 0.2) is 39.9 Å². The third-order valence-corrected chi connectivity index (χ3v) is 4.68. The zero-order valence-electron chi connectivity index (χ0n) is 16.1. The molecule has 0 saturated carbocycles. The molecule has 9 heteroatoms. The van der Waals surface area contributed by atoms with Crippen LogP contribution in [0.4, 0.5) is 0 Å². The first kappa shape index (κ1) is 20.6. The van der Waals surface area contributed by atoms with Crippen molar-refractivity contribution >= 4 is 34.8 Å². The van der Waals surface area contributed by atoms with E-state index in [1.807, 2.05) is 13.0 Å². The molecule has 2 aromatic heterocycles. The summed E-state index contributed by atoms with van der Waals surface area (Å²) in [6, 6.07) is 7.05. The summed E-state index contributed by atoms with van der Waals surface area (Å²) >= 11 is 5.91. The van der Waals surface area contributed by atoms with Crippen molar-refractivity contribution in [2.75, 3.05) is 0 Å². The SMILES string of the molecule is CCCCn1c(=O)[nH]c(=O)c2c1nc(COC(=O)/C=C/c1cccc(Cl)c1)n2C. The van der Waals surface area contributed by atoms with E-state index in [0.717, 1.165) is 18.4 Å². The monoisotopic (exact) mass is 416 g/mol. The fourth-order valence-electron chi connectivity index (χ4n) is 2.90. The summed E-state index contributed by atoms with van der Waals surface area (Å²) in [5, 5.41) is 0.569. The Bertz CT molecular complexity index is 1190. The number of rotatable bonds is 7. The number of ether oxygens (including phenoxy) is 1. The number of unbranched alkanes of at least 4 members (excludes halogenated alkanes) is 1. The van der Waals surface area contributed by atoms with Crippen LogP contribution in [-0.4, -0.2) is 25.1 Å². The number of carbonyl (C=O) groups excluding carboxylic acids is 1. The molecule has 3 rings (SSSR count). The summed E-state index contributed by atoms with van der Waals surface area (Å²) in [4.78, 5) is 43.1. The van der Waals surface area contributed by atoms with Gasteiger partial charge in [0.2, 0.25) is 0 Å². The lowest BCUT2D eigenvalue weighted by Gasteiger charge is -2.04. The van der Waals surface area contributed by atoms with Crippen LogP contribution in [0.25, 0.3) is 17.2 Å². The average molecular weight is 417 g/mol. The van der Waals surface area contributed by atoms with Crippen molar-refractivity contribution in [3.63, 3.8) is 0 Å². The Morgan fingerprint density at radius 1 is 1.34 bits per heavy atom. The predicted octanol–water partition coefficient (Wildman–Crippen LogP) is 2.63. The van der Waals surface area contributed by atoms with E-state index in [4.69, 9.17) is 16.3 Å². The van der Waals surface area contributed by atoms with Crippen molar-refractivity contribution in [1.29, 1.82) is 0 Å². The number of hydrogen-bond acceptors (Lipinski definition) is 5. The van der Waals surface area contributed by atoms with Crippen LogP contribution in [0, 0.1) is 0 Å². The van der Waals surface area contributed by atoms with E-state index >= 15 is 0 Å². The van der Waals surface area contributed by atoms with E-state index < -0.39 is 17.2 Å². The molecule has 152 valence electrons. The number of imidazole rings is 1. The van der Waals surface area contributed by atoms with Crippen molar-refractivity contribution in [3.8, 4) is 0 Å². The molecular formula is C20H21ClN4O4. The number of esters is 1. The summed E-state index contributed by atoms with van der Waals surface area (Å²) in [5.41, 5.74) is 0.299. The maximum atomic E-state index is 12.2. The van der Waals surface area contributed by atoms with Crippen LogP contribution < -0.4 is 11.2 Å². The minimum Gasteiger partial charge on any atom is -0.454 e. The number of aromatic amines is 1. The number of benzene rings is 1. The molecule has 1 N–H and O–H groups in total. The number of nitrogens with zero attached hydrogens (tertiary/aromatic N) is 3. The molecule has 0 aliphatic rings. The normalized spacial score (nSPS) is 11.4. The van der Waals surface area contributed by atoms with E-state index in [2.05, 4.69) is 9.97 Å². The van der Waals surface area contributed by atoms with Crippen molar-refractivity contribution < 1.29 is 9.53 Å². The molecule has 0 amide bonds. The summed E-state index contributed by atoms with van der Waals surface area (Å²) in [6.07, 6.45) is 4.55. The molecule has 0 radical (unpaired) electrons. The van der Waals surface area contributed by atoms with Gasteiger partial charge in [-0.3, -0.25) is 14.3 Å². The van der Waals surface area contributed by atoms with E-state index in [0.29, 0.717) is 17.4 Å². The number of carbonyl (C=O) groups is 1.